The predicted octanol–water partition coefficient (Wildman–Crippen LogP) is 3.67. The summed E-state index contributed by atoms with van der Waals surface area (Å²) in [6, 6.07) is 14.2. The van der Waals surface area contributed by atoms with E-state index in [1.807, 2.05) is 30.3 Å². The van der Waals surface area contributed by atoms with Crippen LogP contribution in [0.1, 0.15) is 51.1 Å². The van der Waals surface area contributed by atoms with Crippen LogP contribution in [-0.2, 0) is 21.4 Å². The molecule has 0 spiro atoms. The van der Waals surface area contributed by atoms with Crippen LogP contribution < -0.4 is 11.1 Å². The van der Waals surface area contributed by atoms with Crippen LogP contribution in [0.4, 0.5) is 0 Å². The highest BCUT2D eigenvalue weighted by Gasteiger charge is 2.28. The first-order valence-electron chi connectivity index (χ1n) is 11.7. The van der Waals surface area contributed by atoms with Gasteiger partial charge in [0, 0.05) is 32.1 Å². The summed E-state index contributed by atoms with van der Waals surface area (Å²) in [5.41, 5.74) is 1.72. The fraction of sp³-hybridized carbons (Fsp3) is 0.440. The summed E-state index contributed by atoms with van der Waals surface area (Å²) in [6.07, 6.45) is 2.59. The van der Waals surface area contributed by atoms with E-state index in [-0.39, 0.29) is 35.4 Å². The van der Waals surface area contributed by atoms with Gasteiger partial charge in [-0.3, -0.25) is 9.36 Å². The van der Waals surface area contributed by atoms with Gasteiger partial charge in [0.15, 0.2) is 5.58 Å². The third kappa shape index (κ3) is 5.26. The van der Waals surface area contributed by atoms with Crippen molar-refractivity contribution in [3.8, 4) is 0 Å². The molecule has 1 atom stereocenters. The minimum Gasteiger partial charge on any atom is -0.408 e. The second-order valence-electron chi connectivity index (χ2n) is 9.17. The number of oxazole rings is 1. The Labute approximate surface area is 199 Å². The van der Waals surface area contributed by atoms with Gasteiger partial charge in [-0.2, -0.15) is 4.31 Å². The molecule has 1 aromatic heterocycles. The quantitative estimate of drug-likeness (QED) is 0.498. The highest BCUT2D eigenvalue weighted by atomic mass is 32.2. The fourth-order valence-electron chi connectivity index (χ4n) is 4.41. The highest BCUT2D eigenvalue weighted by Crippen LogP contribution is 2.25. The molecule has 1 saturated heterocycles. The zero-order chi connectivity index (χ0) is 24.3. The molecule has 9 heteroatoms. The number of benzene rings is 2. The Morgan fingerprint density at radius 3 is 2.47 bits per heavy atom. The van der Waals surface area contributed by atoms with Crippen molar-refractivity contribution in [2.45, 2.75) is 57.0 Å². The molecule has 0 radical (unpaired) electrons. The molecular formula is C25H31N3O5S. The molecule has 1 fully saturated rings. The van der Waals surface area contributed by atoms with E-state index in [4.69, 9.17) is 4.42 Å². The van der Waals surface area contributed by atoms with Crippen molar-refractivity contribution in [2.75, 3.05) is 13.1 Å². The van der Waals surface area contributed by atoms with Crippen LogP contribution in [0.25, 0.3) is 11.1 Å². The molecule has 182 valence electrons. The largest absolute Gasteiger partial charge is 0.419 e. The zero-order valence-corrected chi connectivity index (χ0v) is 20.4. The van der Waals surface area contributed by atoms with Gasteiger partial charge in [0.05, 0.1) is 16.5 Å². The van der Waals surface area contributed by atoms with E-state index in [9.17, 15) is 18.0 Å². The van der Waals surface area contributed by atoms with Crippen molar-refractivity contribution in [3.63, 3.8) is 0 Å². The Morgan fingerprint density at radius 2 is 1.79 bits per heavy atom. The summed E-state index contributed by atoms with van der Waals surface area (Å²) in [7, 11) is -3.61. The van der Waals surface area contributed by atoms with Crippen LogP contribution in [0.5, 0.6) is 0 Å². The predicted molar refractivity (Wildman–Crippen MR) is 130 cm³/mol. The topological polar surface area (TPSA) is 102 Å². The lowest BCUT2D eigenvalue weighted by Gasteiger charge is -2.21. The Bertz CT molecular complexity index is 1310. The van der Waals surface area contributed by atoms with E-state index in [2.05, 4.69) is 19.2 Å². The average molecular weight is 486 g/mol. The molecule has 0 saturated carbocycles. The minimum absolute atomic E-state index is 0.101. The van der Waals surface area contributed by atoms with E-state index in [1.54, 1.807) is 6.07 Å². The molecule has 2 heterocycles. The molecule has 2 aromatic carbocycles. The van der Waals surface area contributed by atoms with Gasteiger partial charge in [-0.25, -0.2) is 13.2 Å². The first-order valence-corrected chi connectivity index (χ1v) is 13.2. The number of sulfonamides is 1. The number of carbonyl (C=O) groups excluding carboxylic acids is 1. The molecular weight excluding hydrogens is 454 g/mol. The Morgan fingerprint density at radius 1 is 1.09 bits per heavy atom. The number of amides is 1. The van der Waals surface area contributed by atoms with Gasteiger partial charge in [0.25, 0.3) is 0 Å². The lowest BCUT2D eigenvalue weighted by atomic mass is 9.97. The number of nitrogens with zero attached hydrogens (tertiary/aromatic N) is 2. The molecule has 0 bridgehead atoms. The molecule has 1 aliphatic rings. The molecule has 0 aliphatic carbocycles. The lowest BCUT2D eigenvalue weighted by molar-refractivity contribution is -0.122. The summed E-state index contributed by atoms with van der Waals surface area (Å²) < 4.78 is 33.8. The number of aryl methyl sites for hydroxylation is 1. The van der Waals surface area contributed by atoms with Crippen molar-refractivity contribution in [1.29, 1.82) is 0 Å². The van der Waals surface area contributed by atoms with Gasteiger partial charge in [0.2, 0.25) is 15.9 Å². The van der Waals surface area contributed by atoms with E-state index in [1.165, 1.54) is 21.0 Å². The van der Waals surface area contributed by atoms with Gasteiger partial charge < -0.3 is 9.73 Å². The number of aromatic nitrogens is 1. The lowest BCUT2D eigenvalue weighted by Crippen LogP contribution is -2.31. The minimum atomic E-state index is -3.61. The van der Waals surface area contributed by atoms with Crippen LogP contribution in [0.15, 0.2) is 62.6 Å². The third-order valence-corrected chi connectivity index (χ3v) is 8.04. The maximum atomic E-state index is 12.8. The summed E-state index contributed by atoms with van der Waals surface area (Å²) in [6.45, 7) is 5.36. The maximum Gasteiger partial charge on any atom is 0.419 e. The van der Waals surface area contributed by atoms with Crippen LogP contribution in [0.3, 0.4) is 0 Å². The molecule has 4 rings (SSSR count). The Balaban J connectivity index is 1.48. The van der Waals surface area contributed by atoms with Gasteiger partial charge >= 0.3 is 5.76 Å². The van der Waals surface area contributed by atoms with E-state index in [0.717, 1.165) is 24.8 Å². The van der Waals surface area contributed by atoms with Gasteiger partial charge in [0.1, 0.15) is 0 Å². The van der Waals surface area contributed by atoms with Gasteiger partial charge in [-0.05, 0) is 42.9 Å². The van der Waals surface area contributed by atoms with Gasteiger partial charge in [-0.1, -0.05) is 44.2 Å². The van der Waals surface area contributed by atoms with Crippen molar-refractivity contribution in [3.05, 3.63) is 64.6 Å². The third-order valence-electron chi connectivity index (χ3n) is 6.15. The first-order chi connectivity index (χ1) is 16.3. The average Bonchev–Trinajstić information content (AvgIpc) is 3.45. The number of rotatable bonds is 9. The number of hydrogen-bond acceptors (Lipinski definition) is 5. The molecule has 1 amide bonds. The van der Waals surface area contributed by atoms with E-state index in [0.29, 0.717) is 24.5 Å². The molecule has 34 heavy (non-hydrogen) atoms. The van der Waals surface area contributed by atoms with Crippen LogP contribution in [0.2, 0.25) is 0 Å². The number of hydrogen-bond donors (Lipinski definition) is 1. The van der Waals surface area contributed by atoms with Crippen molar-refractivity contribution in [2.24, 2.45) is 5.92 Å². The normalized spacial score (nSPS) is 15.7. The first kappa shape index (κ1) is 24.2. The van der Waals surface area contributed by atoms with Crippen molar-refractivity contribution < 1.29 is 17.6 Å². The standard InChI is InChI=1S/C25H31N3O5S/c1-18(2)16-21(19-8-4-3-5-9-19)26-24(29)12-15-28-22-11-10-20(17-23(22)33-25(28)30)34(31,32)27-13-6-7-14-27/h3-5,8-11,17-18,21H,6-7,12-16H2,1-2H3,(H,26,29). The Kier molecular flexibility index (Phi) is 7.23. The van der Waals surface area contributed by atoms with Gasteiger partial charge in [-0.15, -0.1) is 0 Å². The Hall–Kier alpha value is -2.91. The SMILES string of the molecule is CC(C)CC(NC(=O)CCn1c(=O)oc2cc(S(=O)(=O)N3CCCC3)ccc21)c1ccccc1. The van der Waals surface area contributed by atoms with Crippen LogP contribution in [-0.4, -0.2) is 36.3 Å². The summed E-state index contributed by atoms with van der Waals surface area (Å²) >= 11 is 0. The smallest absolute Gasteiger partial charge is 0.408 e. The number of fused-ring (bicyclic) bond motifs is 1. The maximum absolute atomic E-state index is 12.8. The van der Waals surface area contributed by atoms with Crippen LogP contribution in [0, 0.1) is 5.92 Å². The highest BCUT2D eigenvalue weighted by molar-refractivity contribution is 7.89. The summed E-state index contributed by atoms with van der Waals surface area (Å²) in [4.78, 5) is 25.3. The molecule has 1 N–H and O–H groups in total. The molecule has 1 aliphatic heterocycles. The zero-order valence-electron chi connectivity index (χ0n) is 19.6. The van der Waals surface area contributed by atoms with Crippen LogP contribution >= 0.6 is 0 Å². The number of nitrogens with one attached hydrogen (secondary N) is 1. The van der Waals surface area contributed by atoms with E-state index < -0.39 is 15.8 Å². The molecule has 1 unspecified atom stereocenters. The summed E-state index contributed by atoms with van der Waals surface area (Å²) in [5.74, 6) is -0.374. The number of carbonyl (C=O) groups is 1. The van der Waals surface area contributed by atoms with E-state index >= 15 is 0 Å². The monoisotopic (exact) mass is 485 g/mol. The molecule has 8 nitrogen and oxygen atoms in total. The second-order valence-corrected chi connectivity index (χ2v) is 11.1. The second kappa shape index (κ2) is 10.1. The fourth-order valence-corrected chi connectivity index (χ4v) is 5.94. The van der Waals surface area contributed by atoms with Crippen molar-refractivity contribution in [1.82, 2.24) is 14.2 Å². The summed E-state index contributed by atoms with van der Waals surface area (Å²) in [5, 5.41) is 3.09. The van der Waals surface area contributed by atoms with Crippen molar-refractivity contribution >= 4 is 27.0 Å². The molecule has 3 aromatic rings.